The third-order valence-electron chi connectivity index (χ3n) is 3.36. The Bertz CT molecular complexity index is 489. The molecular weight excluding hydrogens is 360 g/mol. The van der Waals surface area contributed by atoms with Gasteiger partial charge < -0.3 is 5.32 Å². The van der Waals surface area contributed by atoms with E-state index in [9.17, 15) is 13.2 Å². The normalized spacial score (nSPS) is 17.1. The molecule has 1 aliphatic heterocycles. The van der Waals surface area contributed by atoms with Crippen LogP contribution < -0.4 is 5.32 Å². The van der Waals surface area contributed by atoms with Crippen LogP contribution in [0.5, 0.6) is 0 Å². The van der Waals surface area contributed by atoms with Gasteiger partial charge in [0.25, 0.3) is 0 Å². The Kier molecular flexibility index (Phi) is 8.80. The molecule has 2 nitrogen and oxygen atoms in total. The largest absolute Gasteiger partial charge is 0.416 e. The van der Waals surface area contributed by atoms with Crippen LogP contribution in [0.25, 0.3) is 0 Å². The smallest absolute Gasteiger partial charge is 0.314 e. The number of rotatable bonds is 3. The summed E-state index contributed by atoms with van der Waals surface area (Å²) in [6, 6.07) is 3.42. The molecule has 2 rings (SSSR count). The molecule has 1 aliphatic rings. The van der Waals surface area contributed by atoms with Crippen LogP contribution in [0, 0.1) is 0 Å². The van der Waals surface area contributed by atoms with E-state index in [1.54, 1.807) is 12.1 Å². The quantitative estimate of drug-likeness (QED) is 0.789. The summed E-state index contributed by atoms with van der Waals surface area (Å²) in [5, 5.41) is 3.30. The Hall–Kier alpha value is -0.460. The maximum atomic E-state index is 12.8. The average molecular weight is 378 g/mol. The molecule has 0 unspecified atom stereocenters. The zero-order valence-corrected chi connectivity index (χ0v) is 14.1. The van der Waals surface area contributed by atoms with Crippen molar-refractivity contribution in [3.8, 4) is 0 Å². The highest BCUT2D eigenvalue weighted by molar-refractivity contribution is 6.30. The Balaban J connectivity index is 0.00000220. The van der Waals surface area contributed by atoms with E-state index in [-0.39, 0.29) is 35.9 Å². The SMILES string of the molecule is C=C[C@H](c1cc(Cl)cc(C(F)(F)F)c1)N1CCNCC1.Cl.Cl. The van der Waals surface area contributed by atoms with E-state index in [0.29, 0.717) is 5.56 Å². The Morgan fingerprint density at radius 1 is 1.18 bits per heavy atom. The number of nitrogens with zero attached hydrogens (tertiary/aromatic N) is 1. The summed E-state index contributed by atoms with van der Waals surface area (Å²) >= 11 is 5.83. The molecule has 0 radical (unpaired) electrons. The van der Waals surface area contributed by atoms with Gasteiger partial charge in [0.2, 0.25) is 0 Å². The standard InChI is InChI=1S/C14H16ClF3N2.2ClH/c1-2-13(20-5-3-19-4-6-20)10-7-11(14(16,17)18)9-12(15)8-10;;/h2,7-9,13,19H,1,3-6H2;2*1H/t13-;;/m1../s1. The van der Waals surface area contributed by atoms with E-state index in [1.165, 1.54) is 0 Å². The van der Waals surface area contributed by atoms with Crippen LogP contribution in [0.2, 0.25) is 5.02 Å². The maximum absolute atomic E-state index is 12.8. The molecule has 0 aliphatic carbocycles. The molecule has 126 valence electrons. The minimum atomic E-state index is -4.39. The minimum absolute atomic E-state index is 0. The van der Waals surface area contributed by atoms with Crippen LogP contribution in [0.4, 0.5) is 13.2 Å². The number of hydrogen-bond acceptors (Lipinski definition) is 2. The molecule has 1 fully saturated rings. The molecule has 1 aromatic rings. The van der Waals surface area contributed by atoms with Gasteiger partial charge in [-0.15, -0.1) is 31.4 Å². The molecule has 0 spiro atoms. The summed E-state index contributed by atoms with van der Waals surface area (Å²) in [4.78, 5) is 2.09. The van der Waals surface area contributed by atoms with Crippen LogP contribution in [0.15, 0.2) is 30.9 Å². The molecule has 1 atom stereocenters. The molecule has 0 amide bonds. The van der Waals surface area contributed by atoms with Gasteiger partial charge in [-0.05, 0) is 23.8 Å². The fraction of sp³-hybridized carbons (Fsp3) is 0.429. The summed E-state index contributed by atoms with van der Waals surface area (Å²) in [5.74, 6) is 0. The van der Waals surface area contributed by atoms with E-state index < -0.39 is 11.7 Å². The molecule has 0 aromatic heterocycles. The van der Waals surface area contributed by atoms with E-state index >= 15 is 0 Å². The van der Waals surface area contributed by atoms with Crippen LogP contribution >= 0.6 is 36.4 Å². The number of hydrogen-bond donors (Lipinski definition) is 1. The van der Waals surface area contributed by atoms with Crippen molar-refractivity contribution in [2.45, 2.75) is 12.2 Å². The number of piperazine rings is 1. The number of alkyl halides is 3. The summed E-state index contributed by atoms with van der Waals surface area (Å²) in [6.45, 7) is 6.92. The van der Waals surface area contributed by atoms with E-state index in [0.717, 1.165) is 38.3 Å². The lowest BCUT2D eigenvalue weighted by Gasteiger charge is -2.33. The third kappa shape index (κ3) is 5.32. The lowest BCUT2D eigenvalue weighted by molar-refractivity contribution is -0.137. The first-order chi connectivity index (χ1) is 9.41. The fourth-order valence-corrected chi connectivity index (χ4v) is 2.65. The zero-order chi connectivity index (χ0) is 14.8. The van der Waals surface area contributed by atoms with E-state index in [4.69, 9.17) is 11.6 Å². The topological polar surface area (TPSA) is 15.3 Å². The molecule has 1 aromatic carbocycles. The van der Waals surface area contributed by atoms with Gasteiger partial charge in [0.15, 0.2) is 0 Å². The Morgan fingerprint density at radius 2 is 1.77 bits per heavy atom. The molecule has 22 heavy (non-hydrogen) atoms. The van der Waals surface area contributed by atoms with Crippen LogP contribution in [-0.4, -0.2) is 31.1 Å². The first-order valence-corrected chi connectivity index (χ1v) is 6.74. The zero-order valence-electron chi connectivity index (χ0n) is 11.7. The van der Waals surface area contributed by atoms with Crippen molar-refractivity contribution < 1.29 is 13.2 Å². The predicted octanol–water partition coefficient (Wildman–Crippen LogP) is 4.33. The van der Waals surface area contributed by atoms with E-state index in [1.807, 2.05) is 0 Å². The van der Waals surface area contributed by atoms with Crippen molar-refractivity contribution in [3.05, 3.63) is 47.0 Å². The summed E-state index contributed by atoms with van der Waals surface area (Å²) in [6.07, 6.45) is -2.73. The second-order valence-corrected chi connectivity index (χ2v) is 5.17. The minimum Gasteiger partial charge on any atom is -0.314 e. The molecule has 1 heterocycles. The molecule has 1 saturated heterocycles. The fourth-order valence-electron chi connectivity index (χ4n) is 2.40. The van der Waals surface area contributed by atoms with Crippen molar-refractivity contribution in [1.29, 1.82) is 0 Å². The van der Waals surface area contributed by atoms with Gasteiger partial charge in [0, 0.05) is 31.2 Å². The predicted molar refractivity (Wildman–Crippen MR) is 88.3 cm³/mol. The van der Waals surface area contributed by atoms with Gasteiger partial charge in [0.05, 0.1) is 11.6 Å². The first kappa shape index (κ1) is 21.5. The lowest BCUT2D eigenvalue weighted by atomic mass is 10.0. The van der Waals surface area contributed by atoms with Gasteiger partial charge in [-0.3, -0.25) is 4.90 Å². The molecule has 0 bridgehead atoms. The lowest BCUT2D eigenvalue weighted by Crippen LogP contribution is -2.44. The molecular formula is C14H18Cl3F3N2. The van der Waals surface area contributed by atoms with Gasteiger partial charge in [0.1, 0.15) is 0 Å². The Morgan fingerprint density at radius 3 is 2.27 bits per heavy atom. The van der Waals surface area contributed by atoms with Crippen LogP contribution in [0.1, 0.15) is 17.2 Å². The summed E-state index contributed by atoms with van der Waals surface area (Å²) in [7, 11) is 0. The number of benzene rings is 1. The summed E-state index contributed by atoms with van der Waals surface area (Å²) in [5.41, 5.74) is -0.191. The highest BCUT2D eigenvalue weighted by atomic mass is 35.5. The van der Waals surface area contributed by atoms with Crippen LogP contribution in [0.3, 0.4) is 0 Å². The maximum Gasteiger partial charge on any atom is 0.416 e. The molecule has 8 heteroatoms. The second-order valence-electron chi connectivity index (χ2n) is 4.74. The number of halogens is 6. The molecule has 0 saturated carbocycles. The van der Waals surface area contributed by atoms with Crippen molar-refractivity contribution in [2.75, 3.05) is 26.2 Å². The van der Waals surface area contributed by atoms with Gasteiger partial charge in [-0.25, -0.2) is 0 Å². The number of nitrogens with one attached hydrogen (secondary N) is 1. The highest BCUT2D eigenvalue weighted by Crippen LogP contribution is 2.34. The van der Waals surface area contributed by atoms with Crippen molar-refractivity contribution in [1.82, 2.24) is 10.2 Å². The van der Waals surface area contributed by atoms with Crippen molar-refractivity contribution in [2.24, 2.45) is 0 Å². The second kappa shape index (κ2) is 8.99. The first-order valence-electron chi connectivity index (χ1n) is 6.37. The van der Waals surface area contributed by atoms with Gasteiger partial charge >= 0.3 is 6.18 Å². The van der Waals surface area contributed by atoms with Crippen LogP contribution in [-0.2, 0) is 6.18 Å². The van der Waals surface area contributed by atoms with Crippen molar-refractivity contribution >= 4 is 36.4 Å². The third-order valence-corrected chi connectivity index (χ3v) is 3.58. The molecule has 1 N–H and O–H groups in total. The Labute approximate surface area is 145 Å². The van der Waals surface area contributed by atoms with Gasteiger partial charge in [-0.1, -0.05) is 17.7 Å². The average Bonchev–Trinajstić information content (AvgIpc) is 2.39. The van der Waals surface area contributed by atoms with Crippen molar-refractivity contribution in [3.63, 3.8) is 0 Å². The summed E-state index contributed by atoms with van der Waals surface area (Å²) < 4.78 is 38.5. The van der Waals surface area contributed by atoms with Gasteiger partial charge in [-0.2, -0.15) is 13.2 Å². The van der Waals surface area contributed by atoms with E-state index in [2.05, 4.69) is 16.8 Å². The monoisotopic (exact) mass is 376 g/mol. The highest BCUT2D eigenvalue weighted by Gasteiger charge is 2.32.